The van der Waals surface area contributed by atoms with Gasteiger partial charge in [0.1, 0.15) is 18.2 Å². The Kier molecular flexibility index (Phi) is 4.23. The Morgan fingerprint density at radius 2 is 2.44 bits per heavy atom. The van der Waals surface area contributed by atoms with Crippen molar-refractivity contribution in [1.82, 2.24) is 19.7 Å². The lowest BCUT2D eigenvalue weighted by Gasteiger charge is -2.32. The third kappa shape index (κ3) is 2.84. The topological polar surface area (TPSA) is 71.2 Å². The average molecular weight is 270 g/mol. The Hall–Kier alpha value is -1.08. The Bertz CT molecular complexity index is 421. The molecule has 1 aromatic rings. The largest absolute Gasteiger partial charge is 0.480 e. The van der Waals surface area contributed by atoms with Gasteiger partial charge in [-0.1, -0.05) is 0 Å². The Labute approximate surface area is 110 Å². The first-order chi connectivity index (χ1) is 8.59. The number of carboxylic acid groups (broad SMARTS) is 1. The predicted octanol–water partition coefficient (Wildman–Crippen LogP) is 0.861. The van der Waals surface area contributed by atoms with Crippen molar-refractivity contribution in [3.05, 3.63) is 12.2 Å². The monoisotopic (exact) mass is 270 g/mol. The van der Waals surface area contributed by atoms with E-state index in [-0.39, 0.29) is 6.04 Å². The summed E-state index contributed by atoms with van der Waals surface area (Å²) < 4.78 is 1.85. The minimum absolute atomic E-state index is 0.241. The highest BCUT2D eigenvalue weighted by atomic mass is 32.2. The lowest BCUT2D eigenvalue weighted by atomic mass is 10.2. The molecule has 0 aliphatic carbocycles. The lowest BCUT2D eigenvalue weighted by molar-refractivity contribution is -0.142. The quantitative estimate of drug-likeness (QED) is 0.875. The van der Waals surface area contributed by atoms with Crippen LogP contribution in [0.4, 0.5) is 0 Å². The van der Waals surface area contributed by atoms with Gasteiger partial charge in [0, 0.05) is 24.1 Å². The number of aromatic nitrogens is 3. The van der Waals surface area contributed by atoms with Gasteiger partial charge in [-0.05, 0) is 13.8 Å². The summed E-state index contributed by atoms with van der Waals surface area (Å²) in [5.41, 5.74) is 0. The maximum absolute atomic E-state index is 11.2. The Balaban J connectivity index is 2.11. The van der Waals surface area contributed by atoms with Gasteiger partial charge in [0.2, 0.25) is 0 Å². The summed E-state index contributed by atoms with van der Waals surface area (Å²) in [6, 6.07) is -0.175. The SMILES string of the molecule is CC(C)n1ncnc1CN1CCSCC1C(=O)O. The molecule has 0 saturated carbocycles. The van der Waals surface area contributed by atoms with Crippen molar-refractivity contribution in [2.75, 3.05) is 18.1 Å². The molecular formula is C11H18N4O2S. The smallest absolute Gasteiger partial charge is 0.321 e. The van der Waals surface area contributed by atoms with Gasteiger partial charge in [-0.15, -0.1) is 0 Å². The fourth-order valence-electron chi connectivity index (χ4n) is 2.05. The summed E-state index contributed by atoms with van der Waals surface area (Å²) in [5.74, 6) is 1.70. The number of hydrogen-bond acceptors (Lipinski definition) is 5. The van der Waals surface area contributed by atoms with Crippen LogP contribution in [0.2, 0.25) is 0 Å². The molecule has 2 heterocycles. The maximum atomic E-state index is 11.2. The number of thioether (sulfide) groups is 1. The van der Waals surface area contributed by atoms with E-state index in [4.69, 9.17) is 0 Å². The van der Waals surface area contributed by atoms with E-state index < -0.39 is 12.0 Å². The number of hydrogen-bond donors (Lipinski definition) is 1. The second-order valence-corrected chi connectivity index (χ2v) is 5.76. The zero-order valence-corrected chi connectivity index (χ0v) is 11.4. The zero-order valence-electron chi connectivity index (χ0n) is 10.6. The van der Waals surface area contributed by atoms with Gasteiger partial charge in [-0.25, -0.2) is 9.67 Å². The van der Waals surface area contributed by atoms with Crippen LogP contribution in [0, 0.1) is 0 Å². The van der Waals surface area contributed by atoms with Crippen LogP contribution < -0.4 is 0 Å². The first-order valence-electron chi connectivity index (χ1n) is 6.02. The number of carboxylic acids is 1. The van der Waals surface area contributed by atoms with E-state index in [0.717, 1.165) is 18.1 Å². The van der Waals surface area contributed by atoms with Gasteiger partial charge >= 0.3 is 5.97 Å². The van der Waals surface area contributed by atoms with E-state index in [1.165, 1.54) is 6.33 Å². The van der Waals surface area contributed by atoms with Crippen molar-refractivity contribution in [1.29, 1.82) is 0 Å². The molecule has 1 saturated heterocycles. The second-order valence-electron chi connectivity index (χ2n) is 4.61. The molecule has 1 N–H and O–H groups in total. The molecule has 1 aliphatic heterocycles. The van der Waals surface area contributed by atoms with Crippen LogP contribution in [0.3, 0.4) is 0 Å². The normalized spacial score (nSPS) is 21.4. The molecule has 0 spiro atoms. The average Bonchev–Trinajstić information content (AvgIpc) is 2.77. The fourth-order valence-corrected chi connectivity index (χ4v) is 3.16. The summed E-state index contributed by atoms with van der Waals surface area (Å²) in [6.45, 7) is 5.42. The van der Waals surface area contributed by atoms with Crippen molar-refractivity contribution < 1.29 is 9.90 Å². The van der Waals surface area contributed by atoms with Gasteiger partial charge in [-0.3, -0.25) is 9.69 Å². The Morgan fingerprint density at radius 3 is 3.11 bits per heavy atom. The van der Waals surface area contributed by atoms with Crippen molar-refractivity contribution >= 4 is 17.7 Å². The summed E-state index contributed by atoms with van der Waals surface area (Å²) in [6.07, 6.45) is 1.53. The van der Waals surface area contributed by atoms with Gasteiger partial charge in [-0.2, -0.15) is 16.9 Å². The van der Waals surface area contributed by atoms with Crippen LogP contribution in [-0.4, -0.2) is 54.8 Å². The van der Waals surface area contributed by atoms with Crippen molar-refractivity contribution in [2.24, 2.45) is 0 Å². The molecule has 1 atom stereocenters. The van der Waals surface area contributed by atoms with Gasteiger partial charge in [0.25, 0.3) is 0 Å². The molecule has 1 unspecified atom stereocenters. The van der Waals surface area contributed by atoms with Crippen LogP contribution in [0.25, 0.3) is 0 Å². The molecule has 0 amide bonds. The summed E-state index contributed by atoms with van der Waals surface area (Å²) >= 11 is 1.69. The molecule has 100 valence electrons. The van der Waals surface area contributed by atoms with Crippen LogP contribution in [0.1, 0.15) is 25.7 Å². The summed E-state index contributed by atoms with van der Waals surface area (Å²) in [7, 11) is 0. The number of nitrogens with zero attached hydrogens (tertiary/aromatic N) is 4. The summed E-state index contributed by atoms with van der Waals surface area (Å²) in [5, 5.41) is 13.4. The van der Waals surface area contributed by atoms with Gasteiger partial charge in [0.15, 0.2) is 0 Å². The lowest BCUT2D eigenvalue weighted by Crippen LogP contribution is -2.47. The molecule has 7 heteroatoms. The maximum Gasteiger partial charge on any atom is 0.321 e. The predicted molar refractivity (Wildman–Crippen MR) is 69.6 cm³/mol. The third-order valence-corrected chi connectivity index (χ3v) is 4.03. The number of rotatable bonds is 4. The van der Waals surface area contributed by atoms with Gasteiger partial charge < -0.3 is 5.11 Å². The molecule has 2 rings (SSSR count). The molecular weight excluding hydrogens is 252 g/mol. The standard InChI is InChI=1S/C11H18N4O2S/c1-8(2)15-10(12-7-13-15)5-14-3-4-18-6-9(14)11(16)17/h7-9H,3-6H2,1-2H3,(H,16,17). The second kappa shape index (κ2) is 5.71. The number of carbonyl (C=O) groups is 1. The molecule has 1 aliphatic rings. The van der Waals surface area contributed by atoms with Crippen LogP contribution in [0.5, 0.6) is 0 Å². The highest BCUT2D eigenvalue weighted by molar-refractivity contribution is 7.99. The van der Waals surface area contributed by atoms with E-state index in [0.29, 0.717) is 12.3 Å². The molecule has 1 aromatic heterocycles. The highest BCUT2D eigenvalue weighted by Crippen LogP contribution is 2.19. The fraction of sp³-hybridized carbons (Fsp3) is 0.727. The van der Waals surface area contributed by atoms with Crippen LogP contribution >= 0.6 is 11.8 Å². The Morgan fingerprint density at radius 1 is 1.67 bits per heavy atom. The van der Waals surface area contributed by atoms with E-state index in [2.05, 4.69) is 10.1 Å². The van der Waals surface area contributed by atoms with Crippen molar-refractivity contribution in [3.8, 4) is 0 Å². The minimum Gasteiger partial charge on any atom is -0.480 e. The molecule has 0 bridgehead atoms. The number of aliphatic carboxylic acids is 1. The van der Waals surface area contributed by atoms with Gasteiger partial charge in [0.05, 0.1) is 6.54 Å². The molecule has 0 radical (unpaired) electrons. The van der Waals surface area contributed by atoms with E-state index in [1.807, 2.05) is 23.4 Å². The molecule has 6 nitrogen and oxygen atoms in total. The third-order valence-electron chi connectivity index (χ3n) is 3.01. The first-order valence-corrected chi connectivity index (χ1v) is 7.18. The zero-order chi connectivity index (χ0) is 13.1. The van der Waals surface area contributed by atoms with Crippen LogP contribution in [0.15, 0.2) is 6.33 Å². The van der Waals surface area contributed by atoms with Crippen molar-refractivity contribution in [2.45, 2.75) is 32.5 Å². The van der Waals surface area contributed by atoms with E-state index >= 15 is 0 Å². The van der Waals surface area contributed by atoms with E-state index in [9.17, 15) is 9.90 Å². The van der Waals surface area contributed by atoms with Crippen molar-refractivity contribution in [3.63, 3.8) is 0 Å². The molecule has 0 aromatic carbocycles. The molecule has 18 heavy (non-hydrogen) atoms. The summed E-state index contributed by atoms with van der Waals surface area (Å²) in [4.78, 5) is 17.4. The first kappa shape index (κ1) is 13.4. The van der Waals surface area contributed by atoms with E-state index in [1.54, 1.807) is 11.8 Å². The highest BCUT2D eigenvalue weighted by Gasteiger charge is 2.29. The van der Waals surface area contributed by atoms with Crippen LogP contribution in [-0.2, 0) is 11.3 Å². The molecule has 1 fully saturated rings. The minimum atomic E-state index is -0.752.